The molecular weight excluding hydrogens is 1010 g/mol. The van der Waals surface area contributed by atoms with Gasteiger partial charge in [0.1, 0.15) is 0 Å². The topological polar surface area (TPSA) is 95.9 Å². The van der Waals surface area contributed by atoms with Gasteiger partial charge in [0.15, 0.2) is 0 Å². The number of hydrogen-bond donors (Lipinski definition) is 3. The average Bonchev–Trinajstić information content (AvgIpc) is 3.48. The van der Waals surface area contributed by atoms with Gasteiger partial charge in [-0.2, -0.15) is 0 Å². The van der Waals surface area contributed by atoms with Crippen LogP contribution in [0, 0.1) is 0 Å². The maximum Gasteiger partial charge on any atom is 0.305 e. The molecule has 2 atom stereocenters. The van der Waals surface area contributed by atoms with Crippen LogP contribution in [-0.4, -0.2) is 47.4 Å². The predicted molar refractivity (Wildman–Crippen MR) is 361 cm³/mol. The minimum atomic E-state index is -0.662. The van der Waals surface area contributed by atoms with Gasteiger partial charge < -0.3 is 20.3 Å². The van der Waals surface area contributed by atoms with Crippen molar-refractivity contribution in [3.63, 3.8) is 0 Å². The molecule has 0 radical (unpaired) electrons. The summed E-state index contributed by atoms with van der Waals surface area (Å²) < 4.78 is 5.49. The summed E-state index contributed by atoms with van der Waals surface area (Å²) in [6.45, 7) is 5.01. The Labute approximate surface area is 515 Å². The van der Waals surface area contributed by atoms with E-state index in [0.717, 1.165) is 38.5 Å². The first-order valence-corrected chi connectivity index (χ1v) is 38.3. The second-order valence-corrected chi connectivity index (χ2v) is 26.7. The molecule has 490 valence electrons. The number of carbonyl (C=O) groups excluding carboxylic acids is 2. The van der Waals surface area contributed by atoms with E-state index in [1.807, 2.05) is 0 Å². The summed E-state index contributed by atoms with van der Waals surface area (Å²) in [5, 5.41) is 23.5. The first-order valence-electron chi connectivity index (χ1n) is 38.3. The van der Waals surface area contributed by atoms with E-state index in [-0.39, 0.29) is 18.5 Å². The van der Waals surface area contributed by atoms with Gasteiger partial charge in [0.05, 0.1) is 25.4 Å². The quantitative estimate of drug-likeness (QED) is 0.0417. The third kappa shape index (κ3) is 68.0. The van der Waals surface area contributed by atoms with Gasteiger partial charge in [-0.3, -0.25) is 9.59 Å². The van der Waals surface area contributed by atoms with Gasteiger partial charge in [-0.1, -0.05) is 412 Å². The van der Waals surface area contributed by atoms with E-state index >= 15 is 0 Å². The molecule has 0 aliphatic heterocycles. The van der Waals surface area contributed by atoms with Crippen LogP contribution in [0.5, 0.6) is 0 Å². The third-order valence-corrected chi connectivity index (χ3v) is 18.4. The van der Waals surface area contributed by atoms with Crippen LogP contribution in [0.15, 0.2) is 0 Å². The van der Waals surface area contributed by atoms with Crippen molar-refractivity contribution in [1.82, 2.24) is 5.32 Å². The summed E-state index contributed by atoms with van der Waals surface area (Å²) in [5.41, 5.74) is 0. The first kappa shape index (κ1) is 80.9. The molecule has 0 rings (SSSR count). The van der Waals surface area contributed by atoms with Crippen molar-refractivity contribution in [3.8, 4) is 0 Å². The highest BCUT2D eigenvalue weighted by atomic mass is 16.5. The summed E-state index contributed by atoms with van der Waals surface area (Å²) >= 11 is 0. The van der Waals surface area contributed by atoms with Crippen LogP contribution in [0.1, 0.15) is 450 Å². The van der Waals surface area contributed by atoms with Crippen molar-refractivity contribution in [2.75, 3.05) is 13.2 Å². The lowest BCUT2D eigenvalue weighted by molar-refractivity contribution is -0.143. The summed E-state index contributed by atoms with van der Waals surface area (Å²) in [6.07, 6.45) is 89.0. The van der Waals surface area contributed by atoms with Gasteiger partial charge in [0, 0.05) is 12.8 Å². The van der Waals surface area contributed by atoms with E-state index in [1.54, 1.807) is 0 Å². The number of hydrogen-bond acceptors (Lipinski definition) is 5. The Morgan fingerprint density at radius 3 is 0.744 bits per heavy atom. The van der Waals surface area contributed by atoms with Crippen molar-refractivity contribution in [2.45, 2.75) is 463 Å². The average molecular weight is 1160 g/mol. The lowest BCUT2D eigenvalue weighted by atomic mass is 10.0. The van der Waals surface area contributed by atoms with Gasteiger partial charge >= 0.3 is 5.97 Å². The van der Waals surface area contributed by atoms with Gasteiger partial charge in [-0.15, -0.1) is 0 Å². The molecule has 0 bridgehead atoms. The van der Waals surface area contributed by atoms with Crippen LogP contribution in [0.25, 0.3) is 0 Å². The normalized spacial score (nSPS) is 12.4. The number of ether oxygens (including phenoxy) is 1. The van der Waals surface area contributed by atoms with Crippen LogP contribution in [0.3, 0.4) is 0 Å². The van der Waals surface area contributed by atoms with E-state index in [2.05, 4.69) is 19.2 Å². The molecule has 0 aliphatic rings. The Kier molecular flexibility index (Phi) is 71.3. The van der Waals surface area contributed by atoms with Crippen LogP contribution in [0.2, 0.25) is 0 Å². The zero-order valence-corrected chi connectivity index (χ0v) is 56.3. The van der Waals surface area contributed by atoms with Crippen LogP contribution in [-0.2, 0) is 14.3 Å². The molecule has 0 fully saturated rings. The molecule has 0 aromatic heterocycles. The highest BCUT2D eigenvalue weighted by molar-refractivity contribution is 5.76. The van der Waals surface area contributed by atoms with Gasteiger partial charge in [0.2, 0.25) is 5.91 Å². The number of carbonyl (C=O) groups is 2. The number of esters is 1. The highest BCUT2D eigenvalue weighted by Crippen LogP contribution is 2.20. The Morgan fingerprint density at radius 2 is 0.500 bits per heavy atom. The van der Waals surface area contributed by atoms with Gasteiger partial charge in [-0.25, -0.2) is 0 Å². The molecule has 1 amide bonds. The van der Waals surface area contributed by atoms with Crippen molar-refractivity contribution in [3.05, 3.63) is 0 Å². The zero-order valence-electron chi connectivity index (χ0n) is 56.3. The molecule has 0 spiro atoms. The van der Waals surface area contributed by atoms with Crippen LogP contribution < -0.4 is 5.32 Å². The van der Waals surface area contributed by atoms with Crippen molar-refractivity contribution in [1.29, 1.82) is 0 Å². The second-order valence-electron chi connectivity index (χ2n) is 26.7. The Balaban J connectivity index is 3.34. The fourth-order valence-corrected chi connectivity index (χ4v) is 12.6. The molecule has 6 nitrogen and oxygen atoms in total. The largest absolute Gasteiger partial charge is 0.466 e. The summed E-state index contributed by atoms with van der Waals surface area (Å²) in [7, 11) is 0. The van der Waals surface area contributed by atoms with E-state index in [4.69, 9.17) is 4.74 Å². The molecule has 6 heteroatoms. The molecule has 0 saturated heterocycles. The molecule has 0 aromatic carbocycles. The highest BCUT2D eigenvalue weighted by Gasteiger charge is 2.20. The molecule has 0 heterocycles. The predicted octanol–water partition coefficient (Wildman–Crippen LogP) is 24.9. The smallest absolute Gasteiger partial charge is 0.305 e. The number of rotatable bonds is 73. The SMILES string of the molecule is CCCCCCCCCCCCCCCCCCCCCCCCCCC(O)C(CO)NC(=O)CCCCCCCCCCCCCCCCCCCCCCCCCCCCCCCOC(=O)CCCCCCCCCCCCCC. The Hall–Kier alpha value is -1.14. The maximum atomic E-state index is 12.6. The minimum Gasteiger partial charge on any atom is -0.466 e. The van der Waals surface area contributed by atoms with E-state index in [9.17, 15) is 19.8 Å². The summed E-state index contributed by atoms with van der Waals surface area (Å²) in [6, 6.07) is -0.539. The fourth-order valence-electron chi connectivity index (χ4n) is 12.6. The molecule has 2 unspecified atom stereocenters. The van der Waals surface area contributed by atoms with Gasteiger partial charge in [0.25, 0.3) is 0 Å². The molecular formula is C76H151NO5. The second kappa shape index (κ2) is 72.3. The molecule has 0 aromatic rings. The number of amides is 1. The van der Waals surface area contributed by atoms with E-state index < -0.39 is 12.1 Å². The van der Waals surface area contributed by atoms with E-state index in [1.165, 1.54) is 379 Å². The first-order chi connectivity index (χ1) is 40.5. The standard InChI is InChI=1S/C76H151NO5/c1-3-5-7-9-11-13-15-17-18-19-20-21-22-30-33-36-39-42-45-48-52-56-60-64-68-74(79)73(72-78)77-75(80)69-65-61-57-53-49-46-43-40-37-34-31-28-26-24-23-25-27-29-32-35-38-41-44-47-51-55-59-63-67-71-82-76(81)70-66-62-58-54-50-16-14-12-10-8-6-4-2/h73-74,78-79H,3-72H2,1-2H3,(H,77,80). The Bertz CT molecular complexity index is 1200. The van der Waals surface area contributed by atoms with Crippen LogP contribution >= 0.6 is 0 Å². The van der Waals surface area contributed by atoms with Crippen LogP contribution in [0.4, 0.5) is 0 Å². The number of unbranched alkanes of at least 4 members (excludes halogenated alkanes) is 62. The molecule has 0 aliphatic carbocycles. The van der Waals surface area contributed by atoms with Crippen molar-refractivity contribution < 1.29 is 24.5 Å². The zero-order chi connectivity index (χ0) is 59.2. The monoisotopic (exact) mass is 1160 g/mol. The fraction of sp³-hybridized carbons (Fsp3) is 0.974. The molecule has 0 saturated carbocycles. The van der Waals surface area contributed by atoms with Crippen molar-refractivity contribution in [2.24, 2.45) is 0 Å². The number of aliphatic hydroxyl groups is 2. The third-order valence-electron chi connectivity index (χ3n) is 18.4. The van der Waals surface area contributed by atoms with Gasteiger partial charge in [-0.05, 0) is 25.7 Å². The van der Waals surface area contributed by atoms with Crippen molar-refractivity contribution >= 4 is 11.9 Å². The lowest BCUT2D eigenvalue weighted by Gasteiger charge is -2.22. The Morgan fingerprint density at radius 1 is 0.293 bits per heavy atom. The summed E-state index contributed by atoms with van der Waals surface area (Å²) in [4.78, 5) is 24.6. The minimum absolute atomic E-state index is 0.0216. The molecule has 3 N–H and O–H groups in total. The lowest BCUT2D eigenvalue weighted by Crippen LogP contribution is -2.45. The van der Waals surface area contributed by atoms with E-state index in [0.29, 0.717) is 25.9 Å². The number of aliphatic hydroxyl groups excluding tert-OH is 2. The maximum absolute atomic E-state index is 12.6. The number of nitrogens with one attached hydrogen (secondary N) is 1. The summed E-state index contributed by atoms with van der Waals surface area (Å²) in [5.74, 6) is -0.00337. The molecule has 82 heavy (non-hydrogen) atoms.